The van der Waals surface area contributed by atoms with Crippen molar-refractivity contribution < 1.29 is 27.9 Å². The van der Waals surface area contributed by atoms with E-state index in [1.165, 1.54) is 23.5 Å². The van der Waals surface area contributed by atoms with Gasteiger partial charge in [-0.25, -0.2) is 0 Å². The highest BCUT2D eigenvalue weighted by atomic mass is 32.1. The lowest BCUT2D eigenvalue weighted by Crippen LogP contribution is -2.47. The molecule has 0 radical (unpaired) electrons. The molecule has 2 N–H and O–H groups in total. The maximum Gasteiger partial charge on any atom is 0.416 e. The van der Waals surface area contributed by atoms with Gasteiger partial charge >= 0.3 is 6.18 Å². The van der Waals surface area contributed by atoms with Crippen molar-refractivity contribution in [2.24, 2.45) is 11.8 Å². The van der Waals surface area contributed by atoms with Gasteiger partial charge < -0.3 is 15.3 Å². The summed E-state index contributed by atoms with van der Waals surface area (Å²) >= 11 is 1.50. The number of rotatable bonds is 5. The highest BCUT2D eigenvalue weighted by Crippen LogP contribution is 2.42. The fourth-order valence-corrected chi connectivity index (χ4v) is 6.85. The van der Waals surface area contributed by atoms with Gasteiger partial charge in [0.2, 0.25) is 5.91 Å². The minimum atomic E-state index is -4.54. The van der Waals surface area contributed by atoms with Crippen LogP contribution in [-0.2, 0) is 16.6 Å². The van der Waals surface area contributed by atoms with E-state index in [1.54, 1.807) is 16.6 Å². The Morgan fingerprint density at radius 2 is 1.89 bits per heavy atom. The first-order valence-corrected chi connectivity index (χ1v) is 13.6. The number of carbonyl (C=O) groups excluding carboxylic acids is 2. The normalized spacial score (nSPS) is 28.6. The summed E-state index contributed by atoms with van der Waals surface area (Å²) < 4.78 is 38.8. The zero-order valence-electron chi connectivity index (χ0n) is 20.4. The van der Waals surface area contributed by atoms with Crippen molar-refractivity contribution in [1.82, 2.24) is 20.1 Å². The van der Waals surface area contributed by atoms with Crippen LogP contribution < -0.4 is 5.32 Å². The second-order valence-corrected chi connectivity index (χ2v) is 11.4. The number of aliphatic hydroxyl groups is 1. The number of alkyl halides is 3. The third kappa shape index (κ3) is 5.68. The Bertz CT molecular complexity index is 1120. The van der Waals surface area contributed by atoms with Crippen LogP contribution in [0.15, 0.2) is 36.0 Å². The number of benzene rings is 1. The summed E-state index contributed by atoms with van der Waals surface area (Å²) in [6.45, 7) is 2.91. The fourth-order valence-electron chi connectivity index (χ4n) is 6.07. The quantitative estimate of drug-likeness (QED) is 0.611. The van der Waals surface area contributed by atoms with Gasteiger partial charge in [0.25, 0.3) is 5.91 Å². The summed E-state index contributed by atoms with van der Waals surface area (Å²) in [5, 5.41) is 13.5. The first-order chi connectivity index (χ1) is 17.6. The van der Waals surface area contributed by atoms with E-state index in [4.69, 9.17) is 0 Å². The Balaban J connectivity index is 1.10. The Morgan fingerprint density at radius 3 is 2.59 bits per heavy atom. The van der Waals surface area contributed by atoms with Crippen LogP contribution in [0.3, 0.4) is 0 Å². The van der Waals surface area contributed by atoms with Gasteiger partial charge in [-0.2, -0.15) is 13.2 Å². The van der Waals surface area contributed by atoms with E-state index in [0.29, 0.717) is 31.0 Å². The predicted octanol–water partition coefficient (Wildman–Crippen LogP) is 3.50. The number of halogens is 3. The largest absolute Gasteiger partial charge is 0.416 e. The SMILES string of the molecule is O=C(NCC(=O)N1CCC2CN(C3CCC(O)(c4cncs4)CC3)C[C@H]2C1)c1cccc(C(F)(F)F)c1. The smallest absolute Gasteiger partial charge is 0.384 e. The summed E-state index contributed by atoms with van der Waals surface area (Å²) in [6, 6.07) is 4.61. The van der Waals surface area contributed by atoms with Crippen LogP contribution >= 0.6 is 11.3 Å². The first-order valence-electron chi connectivity index (χ1n) is 12.7. The molecule has 0 bridgehead atoms. The van der Waals surface area contributed by atoms with Crippen LogP contribution in [0, 0.1) is 11.8 Å². The van der Waals surface area contributed by atoms with Gasteiger partial charge in [0.1, 0.15) is 5.60 Å². The summed E-state index contributed by atoms with van der Waals surface area (Å²) in [4.78, 5) is 34.5. The monoisotopic (exact) mass is 536 g/mol. The Labute approximate surface area is 217 Å². The second-order valence-electron chi connectivity index (χ2n) is 10.5. The molecule has 1 aromatic carbocycles. The molecule has 200 valence electrons. The number of carbonyl (C=O) groups is 2. The minimum absolute atomic E-state index is 0.123. The van der Waals surface area contributed by atoms with E-state index >= 15 is 0 Å². The third-order valence-corrected chi connectivity index (χ3v) is 9.19. The molecule has 2 amide bonds. The Hall–Kier alpha value is -2.50. The number of amides is 2. The Kier molecular flexibility index (Phi) is 7.30. The van der Waals surface area contributed by atoms with Crippen LogP contribution in [0.4, 0.5) is 13.2 Å². The van der Waals surface area contributed by atoms with Crippen LogP contribution in [0.5, 0.6) is 0 Å². The number of aromatic nitrogens is 1. The fraction of sp³-hybridized carbons (Fsp3) is 0.577. The van der Waals surface area contributed by atoms with Gasteiger partial charge in [0.15, 0.2) is 0 Å². The molecule has 11 heteroatoms. The van der Waals surface area contributed by atoms with E-state index < -0.39 is 23.2 Å². The van der Waals surface area contributed by atoms with E-state index in [-0.39, 0.29) is 18.0 Å². The number of nitrogens with zero attached hydrogens (tertiary/aromatic N) is 3. The molecule has 3 fully saturated rings. The van der Waals surface area contributed by atoms with E-state index in [2.05, 4.69) is 15.2 Å². The average molecular weight is 537 g/mol. The highest BCUT2D eigenvalue weighted by Gasteiger charge is 2.43. The molecule has 7 nitrogen and oxygen atoms in total. The van der Waals surface area contributed by atoms with Crippen LogP contribution in [-0.4, -0.2) is 70.5 Å². The number of thiazole rings is 1. The van der Waals surface area contributed by atoms with Crippen LogP contribution in [0.25, 0.3) is 0 Å². The summed E-state index contributed by atoms with van der Waals surface area (Å²) in [6.07, 6.45) is 1.43. The number of fused-ring (bicyclic) bond motifs is 1. The molecule has 2 atom stereocenters. The first kappa shape index (κ1) is 26.1. The van der Waals surface area contributed by atoms with Gasteiger partial charge in [-0.1, -0.05) is 6.07 Å². The number of hydrogen-bond donors (Lipinski definition) is 2. The number of nitrogens with one attached hydrogen (secondary N) is 1. The van der Waals surface area contributed by atoms with Gasteiger partial charge in [-0.05, 0) is 62.1 Å². The maximum absolute atomic E-state index is 12.9. The number of piperidine rings is 1. The van der Waals surface area contributed by atoms with Gasteiger partial charge in [0.05, 0.1) is 22.5 Å². The number of likely N-dealkylation sites (tertiary alicyclic amines) is 2. The average Bonchev–Trinajstić information content (AvgIpc) is 3.57. The zero-order valence-corrected chi connectivity index (χ0v) is 21.2. The number of hydrogen-bond acceptors (Lipinski definition) is 6. The lowest BCUT2D eigenvalue weighted by atomic mass is 9.81. The molecule has 5 rings (SSSR count). The standard InChI is InChI=1S/C26H31F3N4O3S/c27-26(28,29)20-3-1-2-17(10-20)24(35)31-12-23(34)32-9-6-18-13-33(15-19(18)14-32)21-4-7-25(36,8-5-21)22-11-30-16-37-22/h1-3,10-11,16,18-19,21,36H,4-9,12-15H2,(H,31,35)/t18?,19-,21?,25?/m1/s1. The molecule has 37 heavy (non-hydrogen) atoms. The van der Waals surface area contributed by atoms with Gasteiger partial charge in [0, 0.05) is 44.0 Å². The molecule has 2 aliphatic heterocycles. The van der Waals surface area contributed by atoms with Crippen molar-refractivity contribution in [1.29, 1.82) is 0 Å². The molecular formula is C26H31F3N4O3S. The molecule has 0 spiro atoms. The van der Waals surface area contributed by atoms with Crippen molar-refractivity contribution in [3.63, 3.8) is 0 Å². The molecule has 1 aromatic heterocycles. The third-order valence-electron chi connectivity index (χ3n) is 8.22. The molecule has 2 aromatic rings. The molecule has 3 aliphatic rings. The molecule has 3 heterocycles. The van der Waals surface area contributed by atoms with E-state index in [9.17, 15) is 27.9 Å². The lowest BCUT2D eigenvalue weighted by molar-refractivity contribution is -0.137. The highest BCUT2D eigenvalue weighted by molar-refractivity contribution is 7.09. The van der Waals surface area contributed by atoms with Crippen LogP contribution in [0.2, 0.25) is 0 Å². The lowest BCUT2D eigenvalue weighted by Gasteiger charge is -2.39. The van der Waals surface area contributed by atoms with E-state index in [1.807, 2.05) is 0 Å². The predicted molar refractivity (Wildman–Crippen MR) is 132 cm³/mol. The molecule has 1 unspecified atom stereocenters. The van der Waals surface area contributed by atoms with Crippen LogP contribution in [0.1, 0.15) is 52.9 Å². The zero-order chi connectivity index (χ0) is 26.2. The summed E-state index contributed by atoms with van der Waals surface area (Å²) in [5.74, 6) is -0.0355. The van der Waals surface area contributed by atoms with Crippen molar-refractivity contribution in [2.75, 3.05) is 32.7 Å². The molecular weight excluding hydrogens is 505 g/mol. The minimum Gasteiger partial charge on any atom is -0.384 e. The topological polar surface area (TPSA) is 85.8 Å². The van der Waals surface area contributed by atoms with Crippen molar-refractivity contribution in [2.45, 2.75) is 49.9 Å². The molecule has 1 saturated carbocycles. The molecule has 2 saturated heterocycles. The Morgan fingerprint density at radius 1 is 1.14 bits per heavy atom. The summed E-state index contributed by atoms with van der Waals surface area (Å²) in [7, 11) is 0. The summed E-state index contributed by atoms with van der Waals surface area (Å²) in [5.41, 5.74) is -0.0340. The maximum atomic E-state index is 12.9. The second kappa shape index (κ2) is 10.3. The van der Waals surface area contributed by atoms with Crippen molar-refractivity contribution >= 4 is 23.2 Å². The van der Waals surface area contributed by atoms with Crippen molar-refractivity contribution in [3.05, 3.63) is 52.0 Å². The van der Waals surface area contributed by atoms with Gasteiger partial charge in [-0.15, -0.1) is 11.3 Å². The van der Waals surface area contributed by atoms with Gasteiger partial charge in [-0.3, -0.25) is 19.5 Å². The van der Waals surface area contributed by atoms with Crippen molar-refractivity contribution in [3.8, 4) is 0 Å². The molecule has 1 aliphatic carbocycles. The van der Waals surface area contributed by atoms with E-state index in [0.717, 1.165) is 62.2 Å².